The van der Waals surface area contributed by atoms with Crippen molar-refractivity contribution in [2.24, 2.45) is 16.5 Å². The number of rotatable bonds is 3. The van der Waals surface area contributed by atoms with E-state index in [1.54, 1.807) is 6.07 Å². The van der Waals surface area contributed by atoms with Gasteiger partial charge in [-0.15, -0.1) is 24.0 Å². The highest BCUT2D eigenvalue weighted by molar-refractivity contribution is 14.0. The van der Waals surface area contributed by atoms with Crippen molar-refractivity contribution in [3.63, 3.8) is 0 Å². The minimum atomic E-state index is -0.523. The van der Waals surface area contributed by atoms with Gasteiger partial charge in [0.05, 0.1) is 5.56 Å². The summed E-state index contributed by atoms with van der Waals surface area (Å²) < 4.78 is 5.12. The van der Waals surface area contributed by atoms with Crippen LogP contribution in [-0.2, 0) is 6.54 Å². The lowest BCUT2D eigenvalue weighted by molar-refractivity contribution is 0.0999. The molecule has 0 unspecified atom stereocenters. The average Bonchev–Trinajstić information content (AvgIpc) is 2.60. The fourth-order valence-electron chi connectivity index (χ4n) is 1.18. The van der Waals surface area contributed by atoms with E-state index in [0.29, 0.717) is 17.3 Å². The van der Waals surface area contributed by atoms with E-state index >= 15 is 0 Å². The van der Waals surface area contributed by atoms with Crippen molar-refractivity contribution >= 4 is 35.8 Å². The number of nitrogens with two attached hydrogens (primary N) is 2. The van der Waals surface area contributed by atoms with Crippen molar-refractivity contribution in [1.82, 2.24) is 5.32 Å². The van der Waals surface area contributed by atoms with Crippen LogP contribution in [0.1, 0.15) is 36.9 Å². The maximum Gasteiger partial charge on any atom is 0.251 e. The molecule has 18 heavy (non-hydrogen) atoms. The molecule has 1 rings (SSSR count). The van der Waals surface area contributed by atoms with Gasteiger partial charge in [-0.2, -0.15) is 0 Å². The van der Waals surface area contributed by atoms with Crippen molar-refractivity contribution in [2.45, 2.75) is 32.9 Å². The molecule has 0 spiro atoms. The fourth-order valence-corrected chi connectivity index (χ4v) is 1.18. The third-order valence-corrected chi connectivity index (χ3v) is 1.85. The number of guanidine groups is 1. The Bertz CT molecular complexity index is 434. The first-order valence-corrected chi connectivity index (χ1v) is 5.23. The lowest BCUT2D eigenvalue weighted by Crippen LogP contribution is -2.44. The molecule has 1 aromatic heterocycles. The molecule has 6 nitrogen and oxygen atoms in total. The summed E-state index contributed by atoms with van der Waals surface area (Å²) in [4.78, 5) is 14.9. The summed E-state index contributed by atoms with van der Waals surface area (Å²) in [7, 11) is 0. The molecule has 1 heterocycles. The van der Waals surface area contributed by atoms with Gasteiger partial charge in [0, 0.05) is 5.54 Å². The predicted molar refractivity (Wildman–Crippen MR) is 80.9 cm³/mol. The van der Waals surface area contributed by atoms with Gasteiger partial charge in [-0.3, -0.25) is 4.79 Å². The van der Waals surface area contributed by atoms with Crippen molar-refractivity contribution in [3.8, 4) is 0 Å². The van der Waals surface area contributed by atoms with Gasteiger partial charge >= 0.3 is 0 Å². The number of aliphatic imine (C=N–C) groups is 1. The Hall–Kier alpha value is -1.25. The molecule has 0 radical (unpaired) electrons. The van der Waals surface area contributed by atoms with Crippen LogP contribution >= 0.6 is 24.0 Å². The summed E-state index contributed by atoms with van der Waals surface area (Å²) >= 11 is 0. The second-order valence-electron chi connectivity index (χ2n) is 4.74. The third kappa shape index (κ3) is 5.89. The Balaban J connectivity index is 0.00000289. The first kappa shape index (κ1) is 16.8. The van der Waals surface area contributed by atoms with Gasteiger partial charge in [0.15, 0.2) is 5.96 Å². The van der Waals surface area contributed by atoms with Gasteiger partial charge < -0.3 is 21.2 Å². The number of amides is 1. The number of nitrogens with one attached hydrogen (secondary N) is 1. The van der Waals surface area contributed by atoms with E-state index in [4.69, 9.17) is 15.9 Å². The predicted octanol–water partition coefficient (Wildman–Crippen LogP) is 1.20. The molecule has 7 heteroatoms. The molecule has 0 aliphatic carbocycles. The molecule has 1 amide bonds. The number of hydrogen-bond donors (Lipinski definition) is 3. The van der Waals surface area contributed by atoms with Gasteiger partial charge in [-0.1, -0.05) is 0 Å². The van der Waals surface area contributed by atoms with E-state index in [2.05, 4.69) is 10.3 Å². The highest BCUT2D eigenvalue weighted by atomic mass is 127. The lowest BCUT2D eigenvalue weighted by Gasteiger charge is -2.20. The normalized spacial score (nSPS) is 11.8. The Morgan fingerprint density at radius 2 is 2.06 bits per heavy atom. The van der Waals surface area contributed by atoms with Crippen LogP contribution in [0.2, 0.25) is 0 Å². The summed E-state index contributed by atoms with van der Waals surface area (Å²) in [6, 6.07) is 1.55. The van der Waals surface area contributed by atoms with Crippen LogP contribution in [0.4, 0.5) is 0 Å². The van der Waals surface area contributed by atoms with Gasteiger partial charge in [0.2, 0.25) is 0 Å². The minimum absolute atomic E-state index is 0. The molecule has 0 saturated heterocycles. The summed E-state index contributed by atoms with van der Waals surface area (Å²) in [6.07, 6.45) is 1.31. The number of primary amides is 1. The molecule has 0 aromatic carbocycles. The standard InChI is InChI=1S/C11H18N4O2.HI/c1-11(2,3)15-10(13)14-5-8-4-7(6-17-8)9(12)16;/h4,6H,5H2,1-3H3,(H2,12,16)(H3,13,14,15);1H. The van der Waals surface area contributed by atoms with Crippen molar-refractivity contribution in [1.29, 1.82) is 0 Å². The van der Waals surface area contributed by atoms with E-state index in [9.17, 15) is 4.79 Å². The zero-order chi connectivity index (χ0) is 13.1. The van der Waals surface area contributed by atoms with Crippen molar-refractivity contribution < 1.29 is 9.21 Å². The summed E-state index contributed by atoms with van der Waals surface area (Å²) in [5.41, 5.74) is 11.0. The van der Waals surface area contributed by atoms with E-state index in [1.165, 1.54) is 6.26 Å². The Morgan fingerprint density at radius 3 is 2.50 bits per heavy atom. The molecule has 0 saturated carbocycles. The van der Waals surface area contributed by atoms with Crippen LogP contribution in [-0.4, -0.2) is 17.4 Å². The number of furan rings is 1. The number of nitrogens with zero attached hydrogens (tertiary/aromatic N) is 1. The van der Waals surface area contributed by atoms with Gasteiger partial charge in [-0.25, -0.2) is 4.99 Å². The Kier molecular flexibility index (Phi) is 6.16. The first-order chi connectivity index (χ1) is 7.78. The second-order valence-corrected chi connectivity index (χ2v) is 4.74. The largest absolute Gasteiger partial charge is 0.467 e. The van der Waals surface area contributed by atoms with Gasteiger partial charge in [0.25, 0.3) is 5.91 Å². The second kappa shape index (κ2) is 6.62. The molecule has 0 aliphatic rings. The Morgan fingerprint density at radius 1 is 1.44 bits per heavy atom. The summed E-state index contributed by atoms with van der Waals surface area (Å²) in [5.74, 6) is 0.344. The quantitative estimate of drug-likeness (QED) is 0.425. The molecule has 0 aliphatic heterocycles. The van der Waals surface area contributed by atoms with Crippen LogP contribution < -0.4 is 16.8 Å². The van der Waals surface area contributed by atoms with Crippen LogP contribution in [0.5, 0.6) is 0 Å². The topological polar surface area (TPSA) is 107 Å². The van der Waals surface area contributed by atoms with Crippen LogP contribution in [0.15, 0.2) is 21.7 Å². The zero-order valence-electron chi connectivity index (χ0n) is 10.7. The number of carbonyl (C=O) groups excluding carboxylic acids is 1. The van der Waals surface area contributed by atoms with Gasteiger partial charge in [0.1, 0.15) is 18.6 Å². The monoisotopic (exact) mass is 366 g/mol. The molecular formula is C11H19IN4O2. The SMILES string of the molecule is CC(C)(C)NC(N)=NCc1cc(C(N)=O)co1.I. The molecular weight excluding hydrogens is 347 g/mol. The molecule has 0 fully saturated rings. The summed E-state index contributed by atoms with van der Waals surface area (Å²) in [6.45, 7) is 6.20. The lowest BCUT2D eigenvalue weighted by atomic mass is 10.1. The smallest absolute Gasteiger partial charge is 0.251 e. The Labute approximate surface area is 123 Å². The maximum absolute atomic E-state index is 10.8. The van der Waals surface area contributed by atoms with E-state index in [0.717, 1.165) is 0 Å². The molecule has 0 atom stereocenters. The van der Waals surface area contributed by atoms with E-state index in [1.807, 2.05) is 20.8 Å². The maximum atomic E-state index is 10.8. The highest BCUT2D eigenvalue weighted by Crippen LogP contribution is 2.08. The number of hydrogen-bond acceptors (Lipinski definition) is 3. The zero-order valence-corrected chi connectivity index (χ0v) is 13.0. The van der Waals surface area contributed by atoms with Crippen LogP contribution in [0, 0.1) is 0 Å². The molecule has 1 aromatic rings. The van der Waals surface area contributed by atoms with E-state index < -0.39 is 5.91 Å². The average molecular weight is 366 g/mol. The van der Waals surface area contributed by atoms with Crippen LogP contribution in [0.25, 0.3) is 0 Å². The molecule has 5 N–H and O–H groups in total. The number of carbonyl (C=O) groups is 1. The van der Waals surface area contributed by atoms with Gasteiger partial charge in [-0.05, 0) is 26.8 Å². The number of halogens is 1. The van der Waals surface area contributed by atoms with Crippen molar-refractivity contribution in [2.75, 3.05) is 0 Å². The summed E-state index contributed by atoms with van der Waals surface area (Å²) in [5, 5.41) is 3.01. The minimum Gasteiger partial charge on any atom is -0.467 e. The first-order valence-electron chi connectivity index (χ1n) is 5.23. The molecule has 0 bridgehead atoms. The van der Waals surface area contributed by atoms with Crippen molar-refractivity contribution in [3.05, 3.63) is 23.7 Å². The third-order valence-electron chi connectivity index (χ3n) is 1.85. The highest BCUT2D eigenvalue weighted by Gasteiger charge is 2.10. The van der Waals surface area contributed by atoms with E-state index in [-0.39, 0.29) is 36.1 Å². The fraction of sp³-hybridized carbons (Fsp3) is 0.455. The van der Waals surface area contributed by atoms with Crippen LogP contribution in [0.3, 0.4) is 0 Å². The molecule has 102 valence electrons.